The van der Waals surface area contributed by atoms with Crippen LogP contribution in [0.15, 0.2) is 48.5 Å². The van der Waals surface area contributed by atoms with Crippen LogP contribution in [0.3, 0.4) is 0 Å². The number of aryl methyl sites for hydroxylation is 1. The molecule has 0 aliphatic carbocycles. The minimum absolute atomic E-state index is 0.0919. The third-order valence-corrected chi connectivity index (χ3v) is 4.40. The molecule has 0 aromatic heterocycles. The number of carbonyl (C=O) groups is 1. The van der Waals surface area contributed by atoms with E-state index in [0.717, 1.165) is 24.2 Å². The first-order valence-corrected chi connectivity index (χ1v) is 9.06. The molecule has 0 saturated carbocycles. The van der Waals surface area contributed by atoms with Crippen molar-refractivity contribution < 1.29 is 13.9 Å². The van der Waals surface area contributed by atoms with Gasteiger partial charge in [0.2, 0.25) is 0 Å². The highest BCUT2D eigenvalue weighted by atomic mass is 19.1. The van der Waals surface area contributed by atoms with Crippen LogP contribution >= 0.6 is 0 Å². The summed E-state index contributed by atoms with van der Waals surface area (Å²) in [5.41, 5.74) is 2.04. The number of rotatable bonds is 9. The van der Waals surface area contributed by atoms with E-state index in [1.54, 1.807) is 13.2 Å². The normalized spacial score (nSPS) is 11.9. The molecule has 0 aliphatic rings. The van der Waals surface area contributed by atoms with Crippen LogP contribution in [-0.4, -0.2) is 45.2 Å². The van der Waals surface area contributed by atoms with Gasteiger partial charge in [-0.3, -0.25) is 0 Å². The number of halogens is 1. The molecule has 0 aliphatic heterocycles. The highest BCUT2D eigenvalue weighted by molar-refractivity contribution is 5.73. The lowest BCUT2D eigenvalue weighted by molar-refractivity contribution is 0.232. The van der Waals surface area contributed by atoms with Crippen molar-refractivity contribution in [2.24, 2.45) is 0 Å². The summed E-state index contributed by atoms with van der Waals surface area (Å²) in [5, 5.41) is 5.73. The van der Waals surface area contributed by atoms with Crippen molar-refractivity contribution in [2.75, 3.05) is 34.3 Å². The van der Waals surface area contributed by atoms with E-state index in [0.29, 0.717) is 13.1 Å². The number of nitrogens with zero attached hydrogens (tertiary/aromatic N) is 1. The van der Waals surface area contributed by atoms with Gasteiger partial charge >= 0.3 is 6.03 Å². The summed E-state index contributed by atoms with van der Waals surface area (Å²) in [5.74, 6) is 0.562. The monoisotopic (exact) mass is 373 g/mol. The molecule has 0 heterocycles. The van der Waals surface area contributed by atoms with Crippen LogP contribution < -0.4 is 15.4 Å². The van der Waals surface area contributed by atoms with Gasteiger partial charge in [-0.1, -0.05) is 24.3 Å². The zero-order valence-corrected chi connectivity index (χ0v) is 16.2. The zero-order chi connectivity index (χ0) is 19.6. The molecule has 0 saturated heterocycles. The van der Waals surface area contributed by atoms with Gasteiger partial charge in [0, 0.05) is 13.1 Å². The van der Waals surface area contributed by atoms with Gasteiger partial charge in [0.15, 0.2) is 0 Å². The third kappa shape index (κ3) is 6.90. The average molecular weight is 373 g/mol. The van der Waals surface area contributed by atoms with E-state index in [-0.39, 0.29) is 17.9 Å². The highest BCUT2D eigenvalue weighted by Gasteiger charge is 2.15. The second-order valence-electron chi connectivity index (χ2n) is 6.62. The van der Waals surface area contributed by atoms with Crippen molar-refractivity contribution in [3.05, 3.63) is 65.5 Å². The number of methoxy groups -OCH3 is 1. The fraction of sp³-hybridized carbons (Fsp3) is 0.381. The van der Waals surface area contributed by atoms with Crippen LogP contribution in [0.2, 0.25) is 0 Å². The molecule has 27 heavy (non-hydrogen) atoms. The maximum Gasteiger partial charge on any atom is 0.314 e. The molecule has 146 valence electrons. The van der Waals surface area contributed by atoms with Crippen molar-refractivity contribution in [1.29, 1.82) is 0 Å². The lowest BCUT2D eigenvalue weighted by Gasteiger charge is -2.25. The number of carbonyl (C=O) groups excluding carboxylic acids is 1. The zero-order valence-electron chi connectivity index (χ0n) is 16.2. The highest BCUT2D eigenvalue weighted by Crippen LogP contribution is 2.18. The number of ether oxygens (including phenoxy) is 1. The Morgan fingerprint density at radius 1 is 1.15 bits per heavy atom. The average Bonchev–Trinajstić information content (AvgIpc) is 2.65. The second-order valence-corrected chi connectivity index (χ2v) is 6.62. The van der Waals surface area contributed by atoms with Gasteiger partial charge in [-0.25, -0.2) is 9.18 Å². The number of benzene rings is 2. The molecule has 2 aromatic rings. The minimum Gasteiger partial charge on any atom is -0.497 e. The Morgan fingerprint density at radius 2 is 1.89 bits per heavy atom. The Hall–Kier alpha value is -2.60. The first-order valence-electron chi connectivity index (χ1n) is 9.06. The smallest absolute Gasteiger partial charge is 0.314 e. The van der Waals surface area contributed by atoms with Crippen molar-refractivity contribution in [1.82, 2.24) is 15.5 Å². The van der Waals surface area contributed by atoms with Crippen molar-refractivity contribution in [3.8, 4) is 5.75 Å². The van der Waals surface area contributed by atoms with Crippen LogP contribution in [0.25, 0.3) is 0 Å². The first-order chi connectivity index (χ1) is 13.0. The Bertz CT molecular complexity index is 720. The van der Waals surface area contributed by atoms with Gasteiger partial charge in [-0.15, -0.1) is 0 Å². The quantitative estimate of drug-likeness (QED) is 0.663. The van der Waals surface area contributed by atoms with Crippen LogP contribution in [0.5, 0.6) is 5.75 Å². The number of hydrogen-bond acceptors (Lipinski definition) is 3. The summed E-state index contributed by atoms with van der Waals surface area (Å²) in [7, 11) is 5.46. The molecule has 5 nitrogen and oxygen atoms in total. The predicted molar refractivity (Wildman–Crippen MR) is 106 cm³/mol. The van der Waals surface area contributed by atoms with E-state index in [1.807, 2.05) is 49.3 Å². The Kier molecular flexibility index (Phi) is 8.07. The van der Waals surface area contributed by atoms with Crippen LogP contribution in [-0.2, 0) is 6.42 Å². The molecular formula is C21H28FN3O2. The number of hydrogen-bond donors (Lipinski definition) is 2. The molecule has 0 bridgehead atoms. The van der Waals surface area contributed by atoms with E-state index < -0.39 is 0 Å². The summed E-state index contributed by atoms with van der Waals surface area (Å²) in [6.07, 6.45) is 1.73. The fourth-order valence-corrected chi connectivity index (χ4v) is 2.85. The largest absolute Gasteiger partial charge is 0.497 e. The molecule has 1 unspecified atom stereocenters. The number of amides is 2. The van der Waals surface area contributed by atoms with Gasteiger partial charge in [0.05, 0.1) is 13.2 Å². The minimum atomic E-state index is -0.276. The summed E-state index contributed by atoms with van der Waals surface area (Å²) in [6.45, 7) is 0.991. The molecule has 2 N–H and O–H groups in total. The number of likely N-dealkylation sites (N-methyl/N-ethyl adjacent to an activating group) is 1. The van der Waals surface area contributed by atoms with Gasteiger partial charge in [0.1, 0.15) is 11.6 Å². The summed E-state index contributed by atoms with van der Waals surface area (Å²) >= 11 is 0. The van der Waals surface area contributed by atoms with E-state index in [9.17, 15) is 9.18 Å². The molecular weight excluding hydrogens is 345 g/mol. The Balaban J connectivity index is 1.72. The van der Waals surface area contributed by atoms with Crippen LogP contribution in [0.4, 0.5) is 9.18 Å². The standard InChI is InChI=1S/C21H28FN3O2/c1-25(2)20(17-7-4-8-18(22)14-17)15-24-21(26)23-13-5-6-16-9-11-19(27-3)12-10-16/h4,7-12,14,20H,5-6,13,15H2,1-3H3,(H2,23,24,26). The molecule has 2 aromatic carbocycles. The number of urea groups is 1. The predicted octanol–water partition coefficient (Wildman–Crippen LogP) is 3.37. The summed E-state index contributed by atoms with van der Waals surface area (Å²) in [6, 6.07) is 14.1. The molecule has 0 radical (unpaired) electrons. The van der Waals surface area contributed by atoms with Crippen LogP contribution in [0, 0.1) is 5.82 Å². The van der Waals surface area contributed by atoms with Gasteiger partial charge in [-0.05, 0) is 62.3 Å². The third-order valence-electron chi connectivity index (χ3n) is 4.40. The fourth-order valence-electron chi connectivity index (χ4n) is 2.85. The second kappa shape index (κ2) is 10.5. The molecule has 1 atom stereocenters. The van der Waals surface area contributed by atoms with Crippen LogP contribution in [0.1, 0.15) is 23.6 Å². The molecule has 6 heteroatoms. The molecule has 2 amide bonds. The van der Waals surface area contributed by atoms with E-state index >= 15 is 0 Å². The maximum absolute atomic E-state index is 13.5. The van der Waals surface area contributed by atoms with E-state index in [1.165, 1.54) is 17.7 Å². The lowest BCUT2D eigenvalue weighted by atomic mass is 10.1. The SMILES string of the molecule is COc1ccc(CCCNC(=O)NCC(c2cccc(F)c2)N(C)C)cc1. The van der Waals surface area contributed by atoms with Crippen molar-refractivity contribution >= 4 is 6.03 Å². The lowest BCUT2D eigenvalue weighted by Crippen LogP contribution is -2.40. The topological polar surface area (TPSA) is 53.6 Å². The Morgan fingerprint density at radius 3 is 2.52 bits per heavy atom. The van der Waals surface area contributed by atoms with E-state index in [2.05, 4.69) is 10.6 Å². The van der Waals surface area contributed by atoms with Gasteiger partial charge in [0.25, 0.3) is 0 Å². The van der Waals surface area contributed by atoms with Gasteiger partial charge in [-0.2, -0.15) is 0 Å². The van der Waals surface area contributed by atoms with E-state index in [4.69, 9.17) is 4.74 Å². The van der Waals surface area contributed by atoms with Gasteiger partial charge < -0.3 is 20.3 Å². The summed E-state index contributed by atoms with van der Waals surface area (Å²) in [4.78, 5) is 14.0. The molecule has 2 rings (SSSR count). The van der Waals surface area contributed by atoms with Crippen molar-refractivity contribution in [2.45, 2.75) is 18.9 Å². The maximum atomic E-state index is 13.5. The number of nitrogens with one attached hydrogen (secondary N) is 2. The summed E-state index contributed by atoms with van der Waals surface area (Å²) < 4.78 is 18.6. The molecule has 0 spiro atoms. The van der Waals surface area contributed by atoms with Crippen molar-refractivity contribution in [3.63, 3.8) is 0 Å². The molecule has 0 fully saturated rings. The first kappa shape index (κ1) is 20.7. The Labute approximate surface area is 160 Å².